The lowest BCUT2D eigenvalue weighted by Crippen LogP contribution is -2.39. The third-order valence-electron chi connectivity index (χ3n) is 5.93. The number of aryl methyl sites for hydroxylation is 1. The smallest absolute Gasteiger partial charge is 0.248 e. The molecule has 25 heavy (non-hydrogen) atoms. The highest BCUT2D eigenvalue weighted by molar-refractivity contribution is 5.93. The fraction of sp³-hybridized carbons (Fsp3) is 0.667. The van der Waals surface area contributed by atoms with Gasteiger partial charge in [-0.05, 0) is 53.4 Å². The molecule has 1 fully saturated rings. The molecule has 4 N–H and O–H groups in total. The number of carbonyl (C=O) groups is 1. The van der Waals surface area contributed by atoms with Gasteiger partial charge in [-0.2, -0.15) is 0 Å². The third kappa shape index (κ3) is 5.29. The van der Waals surface area contributed by atoms with Crippen LogP contribution < -0.4 is 11.5 Å². The van der Waals surface area contributed by atoms with E-state index in [4.69, 9.17) is 11.5 Å². The van der Waals surface area contributed by atoms with Crippen molar-refractivity contribution < 1.29 is 9.53 Å². The van der Waals surface area contributed by atoms with Crippen molar-refractivity contribution >= 4 is 5.91 Å². The number of methoxy groups -OCH3 is 1. The van der Waals surface area contributed by atoms with Crippen LogP contribution in [0.25, 0.3) is 0 Å². The van der Waals surface area contributed by atoms with Crippen LogP contribution in [0.4, 0.5) is 0 Å². The average molecular weight is 349 g/mol. The van der Waals surface area contributed by atoms with Crippen LogP contribution in [0.5, 0.6) is 0 Å². The van der Waals surface area contributed by atoms with Crippen molar-refractivity contribution in [2.24, 2.45) is 23.3 Å². The molecule has 1 unspecified atom stereocenters. The van der Waals surface area contributed by atoms with Crippen molar-refractivity contribution in [3.05, 3.63) is 34.9 Å². The first-order chi connectivity index (χ1) is 11.8. The normalized spacial score (nSPS) is 25.8. The van der Waals surface area contributed by atoms with E-state index in [-0.39, 0.29) is 11.3 Å². The molecule has 2 rings (SSSR count). The first-order valence-corrected chi connectivity index (χ1v) is 9.44. The van der Waals surface area contributed by atoms with Gasteiger partial charge in [0.25, 0.3) is 0 Å². The molecule has 142 valence electrons. The molecule has 1 saturated carbocycles. The van der Waals surface area contributed by atoms with Gasteiger partial charge < -0.3 is 16.2 Å². The van der Waals surface area contributed by atoms with Crippen LogP contribution in [0.2, 0.25) is 0 Å². The maximum atomic E-state index is 11.5. The predicted molar refractivity (Wildman–Crippen MR) is 105 cm³/mol. The van der Waals surface area contributed by atoms with Crippen LogP contribution in [-0.4, -0.2) is 26.2 Å². The fourth-order valence-electron chi connectivity index (χ4n) is 3.96. The summed E-state index contributed by atoms with van der Waals surface area (Å²) in [5.41, 5.74) is 14.0. The average Bonchev–Trinajstić information content (AvgIpc) is 2.60. The lowest BCUT2D eigenvalue weighted by atomic mass is 9.60. The number of hydrogen-bond donors (Lipinski definition) is 2. The highest BCUT2D eigenvalue weighted by Crippen LogP contribution is 2.47. The first-order valence-electron chi connectivity index (χ1n) is 9.44. The standard InChI is InChI=1S/C18H27NO.C3H9NO/c1-5-14-8-9-15(17(19)20)11-16(14)18(4)10-6-7-12(2)13(18)3;1-5-3-2-4/h8-9,11-13H,5-7,10H2,1-4H3,(H2,19,20);2-4H2,1H3/t12-,13-,18?;/m0./s1. The molecule has 0 saturated heterocycles. The predicted octanol–water partition coefficient (Wildman–Crippen LogP) is 3.65. The summed E-state index contributed by atoms with van der Waals surface area (Å²) in [5.74, 6) is 1.04. The lowest BCUT2D eigenvalue weighted by Gasteiger charge is -2.45. The van der Waals surface area contributed by atoms with Gasteiger partial charge >= 0.3 is 0 Å². The Morgan fingerprint density at radius 1 is 1.36 bits per heavy atom. The zero-order chi connectivity index (χ0) is 19.0. The molecule has 0 radical (unpaired) electrons. The number of benzene rings is 1. The van der Waals surface area contributed by atoms with E-state index in [1.165, 1.54) is 30.4 Å². The topological polar surface area (TPSA) is 78.3 Å². The quantitative estimate of drug-likeness (QED) is 0.852. The van der Waals surface area contributed by atoms with E-state index in [0.29, 0.717) is 24.6 Å². The third-order valence-corrected chi connectivity index (χ3v) is 5.93. The van der Waals surface area contributed by atoms with E-state index in [1.54, 1.807) is 7.11 Å². The molecule has 0 spiro atoms. The first kappa shape index (κ1) is 21.7. The van der Waals surface area contributed by atoms with Crippen molar-refractivity contribution in [2.75, 3.05) is 20.3 Å². The van der Waals surface area contributed by atoms with Gasteiger partial charge in [0, 0.05) is 19.2 Å². The van der Waals surface area contributed by atoms with Gasteiger partial charge in [0.15, 0.2) is 0 Å². The Balaban J connectivity index is 0.000000550. The zero-order valence-corrected chi connectivity index (χ0v) is 16.6. The molecule has 1 aliphatic carbocycles. The molecule has 0 bridgehead atoms. The Morgan fingerprint density at radius 3 is 2.52 bits per heavy atom. The molecule has 4 nitrogen and oxygen atoms in total. The number of carbonyl (C=O) groups excluding carboxylic acids is 1. The van der Waals surface area contributed by atoms with Crippen molar-refractivity contribution in [3.8, 4) is 0 Å². The number of primary amides is 1. The van der Waals surface area contributed by atoms with E-state index in [1.807, 2.05) is 6.07 Å². The number of amides is 1. The van der Waals surface area contributed by atoms with Gasteiger partial charge in [0.2, 0.25) is 5.91 Å². The van der Waals surface area contributed by atoms with Crippen molar-refractivity contribution in [1.82, 2.24) is 0 Å². The molecular formula is C21H36N2O2. The van der Waals surface area contributed by atoms with Crippen LogP contribution in [-0.2, 0) is 16.6 Å². The summed E-state index contributed by atoms with van der Waals surface area (Å²) in [5, 5.41) is 0. The summed E-state index contributed by atoms with van der Waals surface area (Å²) in [6.07, 6.45) is 4.79. The van der Waals surface area contributed by atoms with Crippen molar-refractivity contribution in [1.29, 1.82) is 0 Å². The lowest BCUT2D eigenvalue weighted by molar-refractivity contribution is 0.0999. The van der Waals surface area contributed by atoms with Gasteiger partial charge in [0.05, 0.1) is 6.61 Å². The highest BCUT2D eigenvalue weighted by atomic mass is 16.5. The van der Waals surface area contributed by atoms with Gasteiger partial charge in [-0.1, -0.05) is 46.6 Å². The molecule has 1 aromatic rings. The molecule has 1 aromatic carbocycles. The summed E-state index contributed by atoms with van der Waals surface area (Å²) < 4.78 is 4.57. The number of hydrogen-bond acceptors (Lipinski definition) is 3. The van der Waals surface area contributed by atoms with E-state index in [9.17, 15) is 4.79 Å². The summed E-state index contributed by atoms with van der Waals surface area (Å²) in [7, 11) is 1.63. The van der Waals surface area contributed by atoms with Crippen molar-refractivity contribution in [2.45, 2.75) is 58.8 Å². The van der Waals surface area contributed by atoms with Crippen LogP contribution >= 0.6 is 0 Å². The largest absolute Gasteiger partial charge is 0.383 e. The van der Waals surface area contributed by atoms with Gasteiger partial charge in [-0.3, -0.25) is 4.79 Å². The van der Waals surface area contributed by atoms with Crippen LogP contribution in [0, 0.1) is 11.8 Å². The van der Waals surface area contributed by atoms with Gasteiger partial charge in [-0.15, -0.1) is 0 Å². The number of rotatable bonds is 5. The minimum absolute atomic E-state index is 0.161. The molecule has 0 aromatic heterocycles. The monoisotopic (exact) mass is 348 g/mol. The molecule has 3 atom stereocenters. The minimum Gasteiger partial charge on any atom is -0.383 e. The summed E-state index contributed by atoms with van der Waals surface area (Å²) >= 11 is 0. The Bertz CT molecular complexity index is 557. The van der Waals surface area contributed by atoms with Gasteiger partial charge in [0.1, 0.15) is 0 Å². The second-order valence-electron chi connectivity index (χ2n) is 7.45. The molecule has 1 amide bonds. The summed E-state index contributed by atoms with van der Waals surface area (Å²) in [4.78, 5) is 11.5. The number of ether oxygens (including phenoxy) is 1. The molecular weight excluding hydrogens is 312 g/mol. The van der Waals surface area contributed by atoms with Gasteiger partial charge in [-0.25, -0.2) is 0 Å². The minimum atomic E-state index is -0.325. The Morgan fingerprint density at radius 2 is 2.04 bits per heavy atom. The van der Waals surface area contributed by atoms with Crippen LogP contribution in [0.3, 0.4) is 0 Å². The zero-order valence-electron chi connectivity index (χ0n) is 16.6. The van der Waals surface area contributed by atoms with E-state index < -0.39 is 0 Å². The number of nitrogens with two attached hydrogens (primary N) is 2. The van der Waals surface area contributed by atoms with Crippen molar-refractivity contribution in [3.63, 3.8) is 0 Å². The Kier molecular flexibility index (Phi) is 8.60. The molecule has 0 aliphatic heterocycles. The van der Waals surface area contributed by atoms with Crippen LogP contribution in [0.1, 0.15) is 68.4 Å². The van der Waals surface area contributed by atoms with E-state index >= 15 is 0 Å². The Labute approximate surface area is 153 Å². The maximum Gasteiger partial charge on any atom is 0.248 e. The highest BCUT2D eigenvalue weighted by Gasteiger charge is 2.40. The molecule has 1 aliphatic rings. The summed E-state index contributed by atoms with van der Waals surface area (Å²) in [6.45, 7) is 10.6. The maximum absolute atomic E-state index is 11.5. The fourth-order valence-corrected chi connectivity index (χ4v) is 3.96. The van der Waals surface area contributed by atoms with E-state index in [2.05, 4.69) is 44.6 Å². The van der Waals surface area contributed by atoms with Crippen LogP contribution in [0.15, 0.2) is 18.2 Å². The second-order valence-corrected chi connectivity index (χ2v) is 7.45. The molecule has 0 heterocycles. The second kappa shape index (κ2) is 9.93. The SMILES string of the molecule is CCc1ccc(C(N)=O)cc1C1(C)CCC[C@H](C)[C@@H]1C.COCCN. The van der Waals surface area contributed by atoms with E-state index in [0.717, 1.165) is 12.3 Å². The molecule has 4 heteroatoms. The summed E-state index contributed by atoms with van der Waals surface area (Å²) in [6, 6.07) is 6.01. The Hall–Kier alpha value is -1.39.